The van der Waals surface area contributed by atoms with Gasteiger partial charge >= 0.3 is 0 Å². The molecular formula is C16H22N2O2. The van der Waals surface area contributed by atoms with Crippen molar-refractivity contribution in [3.05, 3.63) is 35.4 Å². The van der Waals surface area contributed by atoms with Gasteiger partial charge in [0.15, 0.2) is 0 Å². The normalized spacial score (nSPS) is 17.0. The average molecular weight is 274 g/mol. The summed E-state index contributed by atoms with van der Waals surface area (Å²) in [7, 11) is 0. The molecule has 1 atom stereocenters. The Morgan fingerprint density at radius 1 is 1.30 bits per heavy atom. The minimum atomic E-state index is -0.547. The Balaban J connectivity index is 1.61. The highest BCUT2D eigenvalue weighted by Crippen LogP contribution is 2.20. The van der Waals surface area contributed by atoms with Crippen LogP contribution in [-0.2, 0) is 4.74 Å². The average Bonchev–Trinajstić information content (AvgIpc) is 3.00. The van der Waals surface area contributed by atoms with Crippen molar-refractivity contribution in [2.45, 2.75) is 37.9 Å². The molecule has 0 saturated heterocycles. The number of aliphatic hydroxyl groups is 1. The van der Waals surface area contributed by atoms with E-state index >= 15 is 0 Å². The molecule has 108 valence electrons. The van der Waals surface area contributed by atoms with Gasteiger partial charge in [0.2, 0.25) is 0 Å². The van der Waals surface area contributed by atoms with Crippen LogP contribution in [0.15, 0.2) is 24.3 Å². The van der Waals surface area contributed by atoms with Gasteiger partial charge < -0.3 is 15.2 Å². The number of nitrogens with one attached hydrogen (secondary N) is 1. The van der Waals surface area contributed by atoms with Crippen LogP contribution in [0.3, 0.4) is 0 Å². The van der Waals surface area contributed by atoms with Crippen molar-refractivity contribution in [2.75, 3.05) is 19.7 Å². The Kier molecular flexibility index (Phi) is 6.00. The number of rotatable bonds is 7. The summed E-state index contributed by atoms with van der Waals surface area (Å²) in [4.78, 5) is 0. The number of nitrogens with zero attached hydrogens (tertiary/aromatic N) is 1. The molecule has 20 heavy (non-hydrogen) atoms. The summed E-state index contributed by atoms with van der Waals surface area (Å²) in [5.74, 6) is 0. The maximum atomic E-state index is 10.0. The van der Waals surface area contributed by atoms with E-state index in [4.69, 9.17) is 10.00 Å². The Morgan fingerprint density at radius 3 is 2.65 bits per heavy atom. The quantitative estimate of drug-likeness (QED) is 0.748. The van der Waals surface area contributed by atoms with Crippen molar-refractivity contribution in [2.24, 2.45) is 0 Å². The van der Waals surface area contributed by atoms with Crippen molar-refractivity contribution in [1.82, 2.24) is 5.32 Å². The highest BCUT2D eigenvalue weighted by Gasteiger charge is 2.14. The molecule has 1 aliphatic rings. The van der Waals surface area contributed by atoms with E-state index in [1.165, 1.54) is 25.7 Å². The summed E-state index contributed by atoms with van der Waals surface area (Å²) in [6, 6.07) is 9.10. The van der Waals surface area contributed by atoms with Gasteiger partial charge in [-0.05, 0) is 30.5 Å². The van der Waals surface area contributed by atoms with E-state index in [2.05, 4.69) is 11.4 Å². The first-order chi connectivity index (χ1) is 9.79. The Morgan fingerprint density at radius 2 is 2.00 bits per heavy atom. The van der Waals surface area contributed by atoms with Gasteiger partial charge in [-0.1, -0.05) is 25.0 Å². The van der Waals surface area contributed by atoms with E-state index in [1.807, 2.05) is 0 Å². The van der Waals surface area contributed by atoms with E-state index in [1.54, 1.807) is 24.3 Å². The first-order valence-corrected chi connectivity index (χ1v) is 7.30. The van der Waals surface area contributed by atoms with Gasteiger partial charge in [-0.15, -0.1) is 0 Å². The highest BCUT2D eigenvalue weighted by atomic mass is 16.5. The van der Waals surface area contributed by atoms with E-state index in [0.717, 1.165) is 12.1 Å². The molecule has 1 aromatic carbocycles. The standard InChI is InChI=1S/C16H22N2O2/c17-11-13-5-7-14(8-6-13)16(19)12-18-9-10-20-15-3-1-2-4-15/h5-8,15-16,18-19H,1-4,9-10,12H2. The summed E-state index contributed by atoms with van der Waals surface area (Å²) in [5, 5.41) is 21.9. The fourth-order valence-corrected chi connectivity index (χ4v) is 2.49. The van der Waals surface area contributed by atoms with Crippen LogP contribution in [0.4, 0.5) is 0 Å². The number of aliphatic hydroxyl groups excluding tert-OH is 1. The van der Waals surface area contributed by atoms with Gasteiger partial charge in [0, 0.05) is 13.1 Å². The van der Waals surface area contributed by atoms with Crippen LogP contribution >= 0.6 is 0 Å². The second-order valence-electron chi connectivity index (χ2n) is 5.23. The summed E-state index contributed by atoms with van der Waals surface area (Å²) < 4.78 is 5.74. The molecule has 0 amide bonds. The largest absolute Gasteiger partial charge is 0.387 e. The number of benzene rings is 1. The highest BCUT2D eigenvalue weighted by molar-refractivity contribution is 5.32. The van der Waals surface area contributed by atoms with Gasteiger partial charge in [0.1, 0.15) is 0 Å². The summed E-state index contributed by atoms with van der Waals surface area (Å²) in [6.07, 6.45) is 4.85. The third kappa shape index (κ3) is 4.61. The molecule has 1 fully saturated rings. The van der Waals surface area contributed by atoms with Crippen LogP contribution in [0.5, 0.6) is 0 Å². The minimum absolute atomic E-state index is 0.445. The summed E-state index contributed by atoms with van der Waals surface area (Å²) in [5.41, 5.74) is 1.44. The van der Waals surface area contributed by atoms with Crippen molar-refractivity contribution in [3.8, 4) is 6.07 Å². The molecule has 0 radical (unpaired) electrons. The van der Waals surface area contributed by atoms with Crippen molar-refractivity contribution >= 4 is 0 Å². The first kappa shape index (κ1) is 15.0. The predicted molar refractivity (Wildman–Crippen MR) is 77.2 cm³/mol. The van der Waals surface area contributed by atoms with Crippen molar-refractivity contribution in [1.29, 1.82) is 5.26 Å². The predicted octanol–water partition coefficient (Wildman–Crippen LogP) is 2.14. The number of nitriles is 1. The molecule has 0 spiro atoms. The Bertz CT molecular complexity index is 433. The van der Waals surface area contributed by atoms with Crippen molar-refractivity contribution in [3.63, 3.8) is 0 Å². The van der Waals surface area contributed by atoms with Crippen LogP contribution in [0, 0.1) is 11.3 Å². The van der Waals surface area contributed by atoms with Gasteiger partial charge in [0.25, 0.3) is 0 Å². The smallest absolute Gasteiger partial charge is 0.0991 e. The van der Waals surface area contributed by atoms with Crippen molar-refractivity contribution < 1.29 is 9.84 Å². The first-order valence-electron chi connectivity index (χ1n) is 7.30. The molecule has 0 heterocycles. The zero-order chi connectivity index (χ0) is 14.2. The molecular weight excluding hydrogens is 252 g/mol. The van der Waals surface area contributed by atoms with E-state index < -0.39 is 6.10 Å². The lowest BCUT2D eigenvalue weighted by atomic mass is 10.1. The van der Waals surface area contributed by atoms with Crippen LogP contribution in [0.2, 0.25) is 0 Å². The maximum Gasteiger partial charge on any atom is 0.0991 e. The lowest BCUT2D eigenvalue weighted by Gasteiger charge is -2.14. The molecule has 0 aromatic heterocycles. The van der Waals surface area contributed by atoms with Gasteiger partial charge in [-0.25, -0.2) is 0 Å². The zero-order valence-electron chi connectivity index (χ0n) is 11.7. The lowest BCUT2D eigenvalue weighted by molar-refractivity contribution is 0.0585. The fraction of sp³-hybridized carbons (Fsp3) is 0.562. The molecule has 2 N–H and O–H groups in total. The van der Waals surface area contributed by atoms with Crippen LogP contribution in [0.25, 0.3) is 0 Å². The third-order valence-corrected chi connectivity index (χ3v) is 3.70. The molecule has 4 heteroatoms. The molecule has 0 bridgehead atoms. The second-order valence-corrected chi connectivity index (χ2v) is 5.23. The van der Waals surface area contributed by atoms with Gasteiger partial charge in [-0.3, -0.25) is 0 Å². The molecule has 1 aliphatic carbocycles. The van der Waals surface area contributed by atoms with Gasteiger partial charge in [-0.2, -0.15) is 5.26 Å². The summed E-state index contributed by atoms with van der Waals surface area (Å²) in [6.45, 7) is 1.95. The molecule has 1 saturated carbocycles. The lowest BCUT2D eigenvalue weighted by Crippen LogP contribution is -2.26. The second kappa shape index (κ2) is 8.01. The summed E-state index contributed by atoms with van der Waals surface area (Å²) >= 11 is 0. The van der Waals surface area contributed by atoms with E-state index in [9.17, 15) is 5.11 Å². The minimum Gasteiger partial charge on any atom is -0.387 e. The van der Waals surface area contributed by atoms with Crippen LogP contribution < -0.4 is 5.32 Å². The Hall–Kier alpha value is -1.41. The third-order valence-electron chi connectivity index (χ3n) is 3.70. The Labute approximate surface area is 120 Å². The number of hydrogen-bond acceptors (Lipinski definition) is 4. The fourth-order valence-electron chi connectivity index (χ4n) is 2.49. The molecule has 0 aliphatic heterocycles. The van der Waals surface area contributed by atoms with Crippen LogP contribution in [0.1, 0.15) is 42.9 Å². The maximum absolute atomic E-state index is 10.0. The SMILES string of the molecule is N#Cc1ccc(C(O)CNCCOC2CCCC2)cc1. The van der Waals surface area contributed by atoms with E-state index in [-0.39, 0.29) is 0 Å². The zero-order valence-corrected chi connectivity index (χ0v) is 11.7. The van der Waals surface area contributed by atoms with E-state index in [0.29, 0.717) is 24.8 Å². The monoisotopic (exact) mass is 274 g/mol. The number of hydrogen-bond donors (Lipinski definition) is 2. The van der Waals surface area contributed by atoms with Gasteiger partial charge in [0.05, 0.1) is 30.4 Å². The molecule has 1 unspecified atom stereocenters. The molecule has 4 nitrogen and oxygen atoms in total. The number of ether oxygens (including phenoxy) is 1. The molecule has 1 aromatic rings. The molecule has 2 rings (SSSR count). The topological polar surface area (TPSA) is 65.3 Å². The van der Waals surface area contributed by atoms with Crippen LogP contribution in [-0.4, -0.2) is 30.9 Å².